The second-order valence-electron chi connectivity index (χ2n) is 11.5. The van der Waals surface area contributed by atoms with Crippen molar-refractivity contribution in [3.63, 3.8) is 0 Å². The van der Waals surface area contributed by atoms with Gasteiger partial charge in [-0.15, -0.1) is 0 Å². The van der Waals surface area contributed by atoms with E-state index in [1.807, 2.05) is 62.4 Å². The maximum absolute atomic E-state index is 14.2. The minimum atomic E-state index is -1.09. The summed E-state index contributed by atoms with van der Waals surface area (Å²) < 4.78 is 25.6. The highest BCUT2D eigenvalue weighted by Gasteiger charge is 2.66. The first-order chi connectivity index (χ1) is 18.1. The Morgan fingerprint density at radius 1 is 0.842 bits per heavy atom. The third kappa shape index (κ3) is 4.13. The number of hydrogen-bond acceptors (Lipinski definition) is 7. The van der Waals surface area contributed by atoms with Crippen molar-refractivity contribution in [2.45, 2.75) is 62.3 Å². The molecule has 9 nitrogen and oxygen atoms in total. The van der Waals surface area contributed by atoms with Crippen molar-refractivity contribution >= 4 is 11.8 Å². The Hall–Kier alpha value is -2.82. The average molecular weight is 522 g/mol. The van der Waals surface area contributed by atoms with Crippen LogP contribution >= 0.6 is 0 Å². The molecule has 9 heteroatoms. The lowest BCUT2D eigenvalue weighted by atomic mass is 9.92. The van der Waals surface area contributed by atoms with E-state index in [0.717, 1.165) is 5.56 Å². The standard InChI is InChI=1S/C29H35N3O6/c1-26-16-31(15-20-11-7-5-8-12-20)19-29(38-26,21-13-9-6-10-14-21)36-23(26)25(34)32-17-27(2)22(24(33)30-4)35-28(3,18-32)37-27/h5-14,22-23H,15-19H2,1-4H3,(H,30,33)/t22-,23-,26+,27+,28-,29+/m0/s1. The normalized spacial score (nSPS) is 38.3. The fourth-order valence-corrected chi connectivity index (χ4v) is 6.62. The molecule has 2 aromatic rings. The van der Waals surface area contributed by atoms with Gasteiger partial charge in [0.05, 0.1) is 19.6 Å². The summed E-state index contributed by atoms with van der Waals surface area (Å²) in [6.45, 7) is 7.68. The molecule has 0 aliphatic carbocycles. The SMILES string of the molecule is CNC(=O)[C@@H]1O[C@]2(C)CN(C(=O)[C@@H]3O[C@]4(c5ccccc5)CN(Cc5ccccc5)C[C@@]3(C)O4)C[C@@]1(C)O2. The molecule has 0 saturated carbocycles. The second kappa shape index (κ2) is 8.86. The van der Waals surface area contributed by atoms with Crippen LogP contribution in [0.2, 0.25) is 0 Å². The summed E-state index contributed by atoms with van der Waals surface area (Å²) in [6.07, 6.45) is -1.66. The highest BCUT2D eigenvalue weighted by molar-refractivity contribution is 5.85. The molecule has 0 radical (unpaired) electrons. The first kappa shape index (κ1) is 25.5. The van der Waals surface area contributed by atoms with Crippen molar-refractivity contribution in [3.8, 4) is 0 Å². The van der Waals surface area contributed by atoms with Crippen molar-refractivity contribution in [2.24, 2.45) is 0 Å². The predicted octanol–water partition coefficient (Wildman–Crippen LogP) is 2.01. The van der Waals surface area contributed by atoms with Gasteiger partial charge < -0.3 is 29.2 Å². The van der Waals surface area contributed by atoms with Crippen LogP contribution < -0.4 is 5.32 Å². The van der Waals surface area contributed by atoms with E-state index in [-0.39, 0.29) is 24.9 Å². The molecule has 4 saturated heterocycles. The minimum absolute atomic E-state index is 0.186. The zero-order valence-corrected chi connectivity index (χ0v) is 22.3. The molecule has 4 aliphatic rings. The van der Waals surface area contributed by atoms with Gasteiger partial charge in [-0.25, -0.2) is 0 Å². The average Bonchev–Trinajstić information content (AvgIpc) is 3.24. The maximum Gasteiger partial charge on any atom is 0.255 e. The Bertz CT molecular complexity index is 1230. The minimum Gasteiger partial charge on any atom is -0.357 e. The molecule has 4 fully saturated rings. The van der Waals surface area contributed by atoms with Crippen LogP contribution in [-0.2, 0) is 40.9 Å². The zero-order valence-electron chi connectivity index (χ0n) is 22.3. The van der Waals surface area contributed by atoms with Crippen molar-refractivity contribution < 1.29 is 28.5 Å². The lowest BCUT2D eigenvalue weighted by Gasteiger charge is -2.44. The van der Waals surface area contributed by atoms with E-state index in [4.69, 9.17) is 18.9 Å². The van der Waals surface area contributed by atoms with E-state index in [1.165, 1.54) is 5.56 Å². The van der Waals surface area contributed by atoms with E-state index < -0.39 is 35.0 Å². The number of ether oxygens (including phenoxy) is 4. The van der Waals surface area contributed by atoms with E-state index >= 15 is 0 Å². The van der Waals surface area contributed by atoms with Crippen LogP contribution in [0.25, 0.3) is 0 Å². The molecule has 2 amide bonds. The van der Waals surface area contributed by atoms with Crippen LogP contribution in [0.15, 0.2) is 60.7 Å². The van der Waals surface area contributed by atoms with Crippen LogP contribution in [0.5, 0.6) is 0 Å². The number of morpholine rings is 2. The molecular formula is C29H35N3O6. The third-order valence-corrected chi connectivity index (χ3v) is 8.07. The van der Waals surface area contributed by atoms with Crippen molar-refractivity contribution in [2.75, 3.05) is 33.2 Å². The summed E-state index contributed by atoms with van der Waals surface area (Å²) >= 11 is 0. The molecule has 1 N–H and O–H groups in total. The number of amides is 2. The first-order valence-electron chi connectivity index (χ1n) is 13.2. The quantitative estimate of drug-likeness (QED) is 0.644. The van der Waals surface area contributed by atoms with Crippen LogP contribution in [0.1, 0.15) is 31.9 Å². The Kier molecular flexibility index (Phi) is 5.93. The van der Waals surface area contributed by atoms with E-state index in [2.05, 4.69) is 22.3 Å². The van der Waals surface area contributed by atoms with Gasteiger partial charge in [-0.2, -0.15) is 0 Å². The van der Waals surface area contributed by atoms with Gasteiger partial charge in [0, 0.05) is 25.7 Å². The second-order valence-corrected chi connectivity index (χ2v) is 11.5. The van der Waals surface area contributed by atoms with E-state index in [1.54, 1.807) is 18.9 Å². The summed E-state index contributed by atoms with van der Waals surface area (Å²) in [5.74, 6) is -2.63. The van der Waals surface area contributed by atoms with E-state index in [9.17, 15) is 9.59 Å². The topological polar surface area (TPSA) is 89.6 Å². The largest absolute Gasteiger partial charge is 0.357 e. The number of nitrogens with one attached hydrogen (secondary N) is 1. The number of nitrogens with zero attached hydrogens (tertiary/aromatic N) is 2. The molecule has 0 unspecified atom stereocenters. The molecule has 6 atom stereocenters. The van der Waals surface area contributed by atoms with Gasteiger partial charge >= 0.3 is 0 Å². The fourth-order valence-electron chi connectivity index (χ4n) is 6.62. The van der Waals surface area contributed by atoms with Gasteiger partial charge in [0.25, 0.3) is 11.8 Å². The Morgan fingerprint density at radius 2 is 1.50 bits per heavy atom. The fraction of sp³-hybridized carbons (Fsp3) is 0.517. The molecule has 0 spiro atoms. The molecule has 6 rings (SSSR count). The summed E-state index contributed by atoms with van der Waals surface area (Å²) in [7, 11) is 1.57. The Labute approximate surface area is 223 Å². The lowest BCUT2D eigenvalue weighted by molar-refractivity contribution is -0.237. The summed E-state index contributed by atoms with van der Waals surface area (Å²) in [6, 6.07) is 20.1. The Morgan fingerprint density at radius 3 is 2.18 bits per heavy atom. The molecule has 2 aromatic carbocycles. The highest BCUT2D eigenvalue weighted by Crippen LogP contribution is 2.49. The van der Waals surface area contributed by atoms with E-state index in [0.29, 0.717) is 19.6 Å². The molecule has 4 bridgehead atoms. The van der Waals surface area contributed by atoms with Crippen LogP contribution in [0, 0.1) is 0 Å². The monoisotopic (exact) mass is 521 g/mol. The smallest absolute Gasteiger partial charge is 0.255 e. The van der Waals surface area contributed by atoms with Crippen molar-refractivity contribution in [1.29, 1.82) is 0 Å². The van der Waals surface area contributed by atoms with Crippen molar-refractivity contribution in [1.82, 2.24) is 15.1 Å². The third-order valence-electron chi connectivity index (χ3n) is 8.07. The van der Waals surface area contributed by atoms with Gasteiger partial charge in [0.2, 0.25) is 5.79 Å². The van der Waals surface area contributed by atoms with Gasteiger partial charge in [0.1, 0.15) is 11.2 Å². The van der Waals surface area contributed by atoms with Gasteiger partial charge in [0.15, 0.2) is 18.0 Å². The number of benzene rings is 2. The molecule has 4 aliphatic heterocycles. The highest BCUT2D eigenvalue weighted by atomic mass is 16.8. The lowest BCUT2D eigenvalue weighted by Crippen LogP contribution is -2.63. The van der Waals surface area contributed by atoms with Gasteiger partial charge in [-0.3, -0.25) is 14.5 Å². The summed E-state index contributed by atoms with van der Waals surface area (Å²) in [5, 5.41) is 2.65. The number of carbonyl (C=O) groups is 2. The molecule has 4 heterocycles. The molecule has 202 valence electrons. The number of likely N-dealkylation sites (N-methyl/N-ethyl adjacent to an activating group) is 1. The first-order valence-corrected chi connectivity index (χ1v) is 13.2. The van der Waals surface area contributed by atoms with Crippen molar-refractivity contribution in [3.05, 3.63) is 71.8 Å². The van der Waals surface area contributed by atoms with Crippen LogP contribution in [0.4, 0.5) is 0 Å². The van der Waals surface area contributed by atoms with Crippen LogP contribution in [-0.4, -0.2) is 84.0 Å². The number of carbonyl (C=O) groups excluding carboxylic acids is 2. The molecule has 38 heavy (non-hydrogen) atoms. The van der Waals surface area contributed by atoms with Gasteiger partial charge in [-0.05, 0) is 26.3 Å². The van der Waals surface area contributed by atoms with Crippen LogP contribution in [0.3, 0.4) is 0 Å². The molecular weight excluding hydrogens is 486 g/mol. The summed E-state index contributed by atoms with van der Waals surface area (Å²) in [5.41, 5.74) is 0.198. The number of rotatable bonds is 5. The zero-order chi connectivity index (χ0) is 26.8. The van der Waals surface area contributed by atoms with Gasteiger partial charge in [-0.1, -0.05) is 60.7 Å². The predicted molar refractivity (Wildman–Crippen MR) is 138 cm³/mol. The number of hydrogen-bond donors (Lipinski definition) is 1. The summed E-state index contributed by atoms with van der Waals surface area (Å²) in [4.78, 5) is 30.8. The Balaban J connectivity index is 1.31. The number of fused-ring (bicyclic) bond motifs is 4. The molecule has 0 aromatic heterocycles. The maximum atomic E-state index is 14.2.